The predicted molar refractivity (Wildman–Crippen MR) is 108 cm³/mol. The number of hydrogen-bond donors (Lipinski definition) is 0. The molecule has 1 saturated heterocycles. The zero-order chi connectivity index (χ0) is 20.7. The number of ether oxygens (including phenoxy) is 1. The molecule has 1 aliphatic rings. The van der Waals surface area contributed by atoms with Gasteiger partial charge in [-0.25, -0.2) is 8.78 Å². The molecule has 4 nitrogen and oxygen atoms in total. The first-order valence-electron chi connectivity index (χ1n) is 9.60. The van der Waals surface area contributed by atoms with Crippen molar-refractivity contribution in [1.29, 1.82) is 0 Å². The summed E-state index contributed by atoms with van der Waals surface area (Å²) in [5, 5.41) is 0.114. The van der Waals surface area contributed by atoms with E-state index >= 15 is 0 Å². The minimum absolute atomic E-state index is 0.00201. The van der Waals surface area contributed by atoms with Gasteiger partial charge < -0.3 is 9.64 Å². The summed E-state index contributed by atoms with van der Waals surface area (Å²) in [7, 11) is 0. The van der Waals surface area contributed by atoms with Crippen molar-refractivity contribution >= 4 is 29.1 Å². The standard InChI is InChI=1S/C20H28Cl2F2N2O2/c1-14(21)6-7-18(15(2)22)25-8-10-26(11-9-25)19(27)13-28-12-16-4-3-5-17(23)20(16)24/h3-5,14-15,18H,6-13H2,1-2H3. The molecule has 1 aromatic carbocycles. The van der Waals surface area contributed by atoms with Crippen LogP contribution in [0.5, 0.6) is 0 Å². The van der Waals surface area contributed by atoms with Crippen molar-refractivity contribution < 1.29 is 18.3 Å². The number of hydrogen-bond acceptors (Lipinski definition) is 3. The fourth-order valence-electron chi connectivity index (χ4n) is 3.41. The topological polar surface area (TPSA) is 32.8 Å². The third-order valence-electron chi connectivity index (χ3n) is 5.04. The van der Waals surface area contributed by atoms with Crippen LogP contribution in [0, 0.1) is 11.6 Å². The quantitative estimate of drug-likeness (QED) is 0.547. The van der Waals surface area contributed by atoms with Crippen LogP contribution in [-0.4, -0.2) is 65.3 Å². The van der Waals surface area contributed by atoms with Gasteiger partial charge in [-0.3, -0.25) is 9.69 Å². The lowest BCUT2D eigenvalue weighted by atomic mass is 10.0. The first-order chi connectivity index (χ1) is 13.3. The molecule has 8 heteroatoms. The Bertz CT molecular complexity index is 639. The summed E-state index contributed by atoms with van der Waals surface area (Å²) in [6.07, 6.45) is 1.82. The Hall–Kier alpha value is -0.950. The minimum Gasteiger partial charge on any atom is -0.367 e. The van der Waals surface area contributed by atoms with Crippen LogP contribution in [-0.2, 0) is 16.1 Å². The lowest BCUT2D eigenvalue weighted by Gasteiger charge is -2.40. The maximum Gasteiger partial charge on any atom is 0.248 e. The average molecular weight is 437 g/mol. The second-order valence-corrected chi connectivity index (χ2v) is 8.66. The van der Waals surface area contributed by atoms with Crippen molar-refractivity contribution in [3.05, 3.63) is 35.4 Å². The molecule has 1 amide bonds. The van der Waals surface area contributed by atoms with Gasteiger partial charge in [-0.05, 0) is 32.8 Å². The second-order valence-electron chi connectivity index (χ2n) is 7.23. The Labute approximate surface area is 175 Å². The van der Waals surface area contributed by atoms with E-state index in [0.29, 0.717) is 13.1 Å². The van der Waals surface area contributed by atoms with Crippen molar-refractivity contribution in [1.82, 2.24) is 9.80 Å². The molecule has 28 heavy (non-hydrogen) atoms. The number of carbonyl (C=O) groups excluding carboxylic acids is 1. The molecule has 3 atom stereocenters. The molecule has 1 aliphatic heterocycles. The van der Waals surface area contributed by atoms with Crippen molar-refractivity contribution in [2.45, 2.75) is 50.1 Å². The highest BCUT2D eigenvalue weighted by molar-refractivity contribution is 6.21. The molecule has 0 aromatic heterocycles. The van der Waals surface area contributed by atoms with Gasteiger partial charge in [0.05, 0.1) is 6.61 Å². The Balaban J connectivity index is 1.77. The molecular formula is C20H28Cl2F2N2O2. The molecule has 0 bridgehead atoms. The number of amides is 1. The van der Waals surface area contributed by atoms with E-state index in [1.54, 1.807) is 4.90 Å². The van der Waals surface area contributed by atoms with E-state index in [4.69, 9.17) is 27.9 Å². The van der Waals surface area contributed by atoms with Gasteiger partial charge in [0.15, 0.2) is 11.6 Å². The van der Waals surface area contributed by atoms with E-state index in [-0.39, 0.29) is 41.5 Å². The van der Waals surface area contributed by atoms with Crippen LogP contribution in [0.2, 0.25) is 0 Å². The Morgan fingerprint density at radius 2 is 1.82 bits per heavy atom. The number of nitrogens with zero attached hydrogens (tertiary/aromatic N) is 2. The lowest BCUT2D eigenvalue weighted by molar-refractivity contribution is -0.138. The van der Waals surface area contributed by atoms with Crippen LogP contribution < -0.4 is 0 Å². The maximum absolute atomic E-state index is 13.6. The van der Waals surface area contributed by atoms with Gasteiger partial charge in [-0.15, -0.1) is 23.2 Å². The summed E-state index contributed by atoms with van der Waals surface area (Å²) in [6.45, 7) is 6.32. The molecule has 0 spiro atoms. The minimum atomic E-state index is -0.934. The number of piperazine rings is 1. The van der Waals surface area contributed by atoms with Crippen molar-refractivity contribution in [2.75, 3.05) is 32.8 Å². The molecule has 1 aromatic rings. The third kappa shape index (κ3) is 6.83. The van der Waals surface area contributed by atoms with E-state index in [0.717, 1.165) is 32.0 Å². The normalized spacial score (nSPS) is 18.7. The van der Waals surface area contributed by atoms with Gasteiger partial charge in [-0.2, -0.15) is 0 Å². The Morgan fingerprint density at radius 3 is 2.43 bits per heavy atom. The number of carbonyl (C=O) groups is 1. The monoisotopic (exact) mass is 436 g/mol. The van der Waals surface area contributed by atoms with E-state index in [1.165, 1.54) is 12.1 Å². The summed E-state index contributed by atoms with van der Waals surface area (Å²) < 4.78 is 32.1. The SMILES string of the molecule is CC(Cl)CCC(C(C)Cl)N1CCN(C(=O)COCc2cccc(F)c2F)CC1. The maximum atomic E-state index is 13.6. The number of rotatable bonds is 9. The number of alkyl halides is 2. The molecular weight excluding hydrogens is 409 g/mol. The molecule has 3 unspecified atom stereocenters. The summed E-state index contributed by atoms with van der Waals surface area (Å²) in [5.41, 5.74) is 0.102. The van der Waals surface area contributed by atoms with Crippen LogP contribution in [0.15, 0.2) is 18.2 Å². The highest BCUT2D eigenvalue weighted by atomic mass is 35.5. The number of halogens is 4. The van der Waals surface area contributed by atoms with Gasteiger partial charge in [0.2, 0.25) is 5.91 Å². The first-order valence-corrected chi connectivity index (χ1v) is 10.5. The Kier molecular flexibility index (Phi) is 9.41. The molecule has 0 aliphatic carbocycles. The highest BCUT2D eigenvalue weighted by Crippen LogP contribution is 2.20. The zero-order valence-corrected chi connectivity index (χ0v) is 17.9. The van der Waals surface area contributed by atoms with Gasteiger partial charge >= 0.3 is 0 Å². The summed E-state index contributed by atoms with van der Waals surface area (Å²) in [4.78, 5) is 16.4. The van der Waals surface area contributed by atoms with Crippen molar-refractivity contribution in [3.63, 3.8) is 0 Å². The molecule has 0 N–H and O–H groups in total. The summed E-state index contributed by atoms with van der Waals surface area (Å²) in [5.74, 6) is -2.01. The summed E-state index contributed by atoms with van der Waals surface area (Å²) >= 11 is 12.4. The zero-order valence-electron chi connectivity index (χ0n) is 16.3. The third-order valence-corrected chi connectivity index (χ3v) is 5.55. The van der Waals surface area contributed by atoms with Crippen LogP contribution in [0.25, 0.3) is 0 Å². The van der Waals surface area contributed by atoms with E-state index < -0.39 is 11.6 Å². The Morgan fingerprint density at radius 1 is 1.14 bits per heavy atom. The largest absolute Gasteiger partial charge is 0.367 e. The van der Waals surface area contributed by atoms with Crippen LogP contribution >= 0.6 is 23.2 Å². The molecule has 1 heterocycles. The fourth-order valence-corrected chi connectivity index (χ4v) is 3.82. The first kappa shape index (κ1) is 23.3. The second kappa shape index (κ2) is 11.3. The van der Waals surface area contributed by atoms with Crippen molar-refractivity contribution in [2.24, 2.45) is 0 Å². The van der Waals surface area contributed by atoms with Gasteiger partial charge in [-0.1, -0.05) is 12.1 Å². The van der Waals surface area contributed by atoms with E-state index in [9.17, 15) is 13.6 Å². The van der Waals surface area contributed by atoms with Crippen LogP contribution in [0.3, 0.4) is 0 Å². The molecule has 1 fully saturated rings. The molecule has 0 radical (unpaired) electrons. The predicted octanol–water partition coefficient (Wildman–Crippen LogP) is 4.03. The molecule has 0 saturated carbocycles. The number of benzene rings is 1. The lowest BCUT2D eigenvalue weighted by Crippen LogP contribution is -2.54. The average Bonchev–Trinajstić information content (AvgIpc) is 2.65. The van der Waals surface area contributed by atoms with E-state index in [2.05, 4.69) is 4.90 Å². The van der Waals surface area contributed by atoms with Crippen LogP contribution in [0.4, 0.5) is 8.78 Å². The van der Waals surface area contributed by atoms with Crippen LogP contribution in [0.1, 0.15) is 32.3 Å². The fraction of sp³-hybridized carbons (Fsp3) is 0.650. The van der Waals surface area contributed by atoms with Gasteiger partial charge in [0.25, 0.3) is 0 Å². The van der Waals surface area contributed by atoms with E-state index in [1.807, 2.05) is 13.8 Å². The molecule has 2 rings (SSSR count). The van der Waals surface area contributed by atoms with Crippen molar-refractivity contribution in [3.8, 4) is 0 Å². The smallest absolute Gasteiger partial charge is 0.248 e. The molecule has 158 valence electrons. The van der Waals surface area contributed by atoms with Gasteiger partial charge in [0, 0.05) is 48.5 Å². The highest BCUT2D eigenvalue weighted by Gasteiger charge is 2.28. The summed E-state index contributed by atoms with van der Waals surface area (Å²) in [6, 6.07) is 4.13. The van der Waals surface area contributed by atoms with Gasteiger partial charge in [0.1, 0.15) is 6.61 Å².